The topological polar surface area (TPSA) is 79.5 Å². The number of carbonyl (C=O) groups excluding carboxylic acids is 2. The molecule has 0 saturated carbocycles. The van der Waals surface area contributed by atoms with Gasteiger partial charge in [-0.3, -0.25) is 9.59 Å². The SMILES string of the molecule is CCOc1ccc(C(C)NC(=O)CCCNC(=O)C2CCCCN2)cc1.Cl. The van der Waals surface area contributed by atoms with E-state index in [1.807, 2.05) is 38.1 Å². The zero-order valence-corrected chi connectivity index (χ0v) is 17.1. The Balaban J connectivity index is 0.00000364. The van der Waals surface area contributed by atoms with E-state index in [0.717, 1.165) is 37.1 Å². The lowest BCUT2D eigenvalue weighted by molar-refractivity contribution is -0.124. The second-order valence-electron chi connectivity index (χ2n) is 6.69. The highest BCUT2D eigenvalue weighted by Crippen LogP contribution is 2.17. The molecule has 0 radical (unpaired) electrons. The molecule has 2 atom stereocenters. The van der Waals surface area contributed by atoms with Gasteiger partial charge in [-0.1, -0.05) is 18.6 Å². The second kappa shape index (κ2) is 12.6. The predicted octanol–water partition coefficient (Wildman–Crippen LogP) is 2.72. The monoisotopic (exact) mass is 397 g/mol. The van der Waals surface area contributed by atoms with E-state index in [2.05, 4.69) is 16.0 Å². The number of hydrogen-bond donors (Lipinski definition) is 3. The van der Waals surface area contributed by atoms with Gasteiger partial charge in [0.05, 0.1) is 18.7 Å². The maximum atomic E-state index is 12.1. The van der Waals surface area contributed by atoms with Crippen molar-refractivity contribution in [2.75, 3.05) is 19.7 Å². The lowest BCUT2D eigenvalue weighted by Gasteiger charge is -2.22. The molecule has 152 valence electrons. The van der Waals surface area contributed by atoms with Gasteiger partial charge in [0.2, 0.25) is 11.8 Å². The summed E-state index contributed by atoms with van der Waals surface area (Å²) < 4.78 is 5.42. The van der Waals surface area contributed by atoms with Gasteiger partial charge in [0, 0.05) is 13.0 Å². The van der Waals surface area contributed by atoms with Gasteiger partial charge in [-0.25, -0.2) is 0 Å². The fourth-order valence-electron chi connectivity index (χ4n) is 3.08. The zero-order chi connectivity index (χ0) is 18.8. The minimum atomic E-state index is -0.0720. The molecule has 0 spiro atoms. The molecular weight excluding hydrogens is 366 g/mol. The van der Waals surface area contributed by atoms with Crippen molar-refractivity contribution in [1.29, 1.82) is 0 Å². The maximum Gasteiger partial charge on any atom is 0.237 e. The van der Waals surface area contributed by atoms with E-state index in [1.165, 1.54) is 0 Å². The third-order valence-electron chi connectivity index (χ3n) is 4.58. The van der Waals surface area contributed by atoms with E-state index in [0.29, 0.717) is 26.0 Å². The van der Waals surface area contributed by atoms with Crippen LogP contribution in [-0.2, 0) is 9.59 Å². The Morgan fingerprint density at radius 1 is 1.26 bits per heavy atom. The van der Waals surface area contributed by atoms with Crippen molar-refractivity contribution in [3.63, 3.8) is 0 Å². The second-order valence-corrected chi connectivity index (χ2v) is 6.69. The summed E-state index contributed by atoms with van der Waals surface area (Å²) in [6.07, 6.45) is 4.17. The summed E-state index contributed by atoms with van der Waals surface area (Å²) in [5, 5.41) is 9.13. The lowest BCUT2D eigenvalue weighted by atomic mass is 10.0. The molecule has 27 heavy (non-hydrogen) atoms. The number of piperidine rings is 1. The van der Waals surface area contributed by atoms with Crippen molar-refractivity contribution in [2.45, 2.75) is 58.0 Å². The van der Waals surface area contributed by atoms with Gasteiger partial charge in [-0.2, -0.15) is 0 Å². The van der Waals surface area contributed by atoms with Crippen LogP contribution in [0.3, 0.4) is 0 Å². The van der Waals surface area contributed by atoms with Gasteiger partial charge in [0.1, 0.15) is 5.75 Å². The molecule has 6 nitrogen and oxygen atoms in total. The molecule has 2 amide bonds. The first-order valence-corrected chi connectivity index (χ1v) is 9.63. The van der Waals surface area contributed by atoms with Crippen LogP contribution in [0.15, 0.2) is 24.3 Å². The summed E-state index contributed by atoms with van der Waals surface area (Å²) >= 11 is 0. The standard InChI is InChI=1S/C20H31N3O3.ClH/c1-3-26-17-11-9-16(10-12-17)15(2)23-19(24)8-6-14-22-20(25)18-7-4-5-13-21-18;/h9-12,15,18,21H,3-8,13-14H2,1-2H3,(H,22,25)(H,23,24);1H. The molecule has 0 bridgehead atoms. The van der Waals surface area contributed by atoms with E-state index < -0.39 is 0 Å². The van der Waals surface area contributed by atoms with Crippen LogP contribution < -0.4 is 20.7 Å². The number of halogens is 1. The van der Waals surface area contributed by atoms with Crippen molar-refractivity contribution in [3.8, 4) is 5.75 Å². The highest BCUT2D eigenvalue weighted by Gasteiger charge is 2.19. The van der Waals surface area contributed by atoms with Gasteiger partial charge < -0.3 is 20.7 Å². The fourth-order valence-corrected chi connectivity index (χ4v) is 3.08. The molecule has 1 fully saturated rings. The molecule has 1 aliphatic heterocycles. The summed E-state index contributed by atoms with van der Waals surface area (Å²) in [5.74, 6) is 0.877. The molecule has 1 aromatic rings. The minimum Gasteiger partial charge on any atom is -0.494 e. The molecule has 1 saturated heterocycles. The molecule has 2 unspecified atom stereocenters. The van der Waals surface area contributed by atoms with Gasteiger partial charge in [0.25, 0.3) is 0 Å². The van der Waals surface area contributed by atoms with E-state index in [-0.39, 0.29) is 36.3 Å². The van der Waals surface area contributed by atoms with Crippen LogP contribution in [0.2, 0.25) is 0 Å². The van der Waals surface area contributed by atoms with E-state index in [4.69, 9.17) is 4.74 Å². The van der Waals surface area contributed by atoms with Crippen molar-refractivity contribution in [2.24, 2.45) is 0 Å². The van der Waals surface area contributed by atoms with Crippen LogP contribution >= 0.6 is 12.4 Å². The molecular formula is C20H32ClN3O3. The quantitative estimate of drug-likeness (QED) is 0.560. The summed E-state index contributed by atoms with van der Waals surface area (Å²) in [4.78, 5) is 24.1. The van der Waals surface area contributed by atoms with Crippen LogP contribution in [-0.4, -0.2) is 37.6 Å². The van der Waals surface area contributed by atoms with Crippen molar-refractivity contribution in [1.82, 2.24) is 16.0 Å². The van der Waals surface area contributed by atoms with Crippen LogP contribution in [0.4, 0.5) is 0 Å². The Kier molecular flexibility index (Phi) is 10.8. The van der Waals surface area contributed by atoms with E-state index in [1.54, 1.807) is 0 Å². The van der Waals surface area contributed by atoms with E-state index in [9.17, 15) is 9.59 Å². The summed E-state index contributed by atoms with van der Waals surface area (Å²) in [6, 6.07) is 7.63. The third-order valence-corrected chi connectivity index (χ3v) is 4.58. The Bertz CT molecular complexity index is 574. The summed E-state index contributed by atoms with van der Waals surface area (Å²) in [5.41, 5.74) is 1.04. The van der Waals surface area contributed by atoms with Crippen LogP contribution in [0, 0.1) is 0 Å². The maximum absolute atomic E-state index is 12.1. The van der Waals surface area contributed by atoms with Gasteiger partial charge >= 0.3 is 0 Å². The fraction of sp³-hybridized carbons (Fsp3) is 0.600. The lowest BCUT2D eigenvalue weighted by Crippen LogP contribution is -2.46. The number of ether oxygens (including phenoxy) is 1. The highest BCUT2D eigenvalue weighted by atomic mass is 35.5. The van der Waals surface area contributed by atoms with Crippen molar-refractivity contribution < 1.29 is 14.3 Å². The predicted molar refractivity (Wildman–Crippen MR) is 109 cm³/mol. The average Bonchev–Trinajstić information content (AvgIpc) is 2.66. The van der Waals surface area contributed by atoms with Crippen LogP contribution in [0.1, 0.15) is 57.6 Å². The Morgan fingerprint density at radius 2 is 2.00 bits per heavy atom. The number of nitrogens with one attached hydrogen (secondary N) is 3. The van der Waals surface area contributed by atoms with E-state index >= 15 is 0 Å². The summed E-state index contributed by atoms with van der Waals surface area (Å²) in [6.45, 7) is 5.99. The molecule has 1 heterocycles. The first kappa shape index (κ1) is 23.2. The number of rotatable bonds is 9. The first-order chi connectivity index (χ1) is 12.6. The molecule has 1 aliphatic rings. The highest BCUT2D eigenvalue weighted by molar-refractivity contribution is 5.85. The Hall–Kier alpha value is -1.79. The molecule has 0 aromatic heterocycles. The number of hydrogen-bond acceptors (Lipinski definition) is 4. The molecule has 0 aliphatic carbocycles. The molecule has 2 rings (SSSR count). The largest absolute Gasteiger partial charge is 0.494 e. The molecule has 7 heteroatoms. The Morgan fingerprint density at radius 3 is 2.63 bits per heavy atom. The molecule has 1 aromatic carbocycles. The Labute approximate surface area is 168 Å². The number of amides is 2. The van der Waals surface area contributed by atoms with Gasteiger partial charge in [0.15, 0.2) is 0 Å². The van der Waals surface area contributed by atoms with Gasteiger partial charge in [-0.05, 0) is 57.4 Å². The minimum absolute atomic E-state index is 0. The van der Waals surface area contributed by atoms with Crippen molar-refractivity contribution >= 4 is 24.2 Å². The van der Waals surface area contributed by atoms with Gasteiger partial charge in [-0.15, -0.1) is 12.4 Å². The first-order valence-electron chi connectivity index (χ1n) is 9.63. The molecule has 3 N–H and O–H groups in total. The zero-order valence-electron chi connectivity index (χ0n) is 16.3. The third kappa shape index (κ3) is 8.18. The number of carbonyl (C=O) groups is 2. The normalized spacial score (nSPS) is 17.3. The van der Waals surface area contributed by atoms with Crippen LogP contribution in [0.25, 0.3) is 0 Å². The number of benzene rings is 1. The average molecular weight is 398 g/mol. The van der Waals surface area contributed by atoms with Crippen LogP contribution in [0.5, 0.6) is 5.75 Å². The van der Waals surface area contributed by atoms with Crippen molar-refractivity contribution in [3.05, 3.63) is 29.8 Å². The summed E-state index contributed by atoms with van der Waals surface area (Å²) in [7, 11) is 0. The smallest absolute Gasteiger partial charge is 0.237 e.